The number of benzene rings is 1. The minimum atomic E-state index is -0.465. The van der Waals surface area contributed by atoms with E-state index in [0.717, 1.165) is 10.6 Å². The van der Waals surface area contributed by atoms with Gasteiger partial charge in [0, 0.05) is 23.1 Å². The predicted octanol–water partition coefficient (Wildman–Crippen LogP) is 3.32. The first-order valence-electron chi connectivity index (χ1n) is 6.13. The Morgan fingerprint density at radius 1 is 1.33 bits per heavy atom. The molecule has 0 saturated carbocycles. The van der Waals surface area contributed by atoms with Crippen LogP contribution in [0.3, 0.4) is 0 Å². The van der Waals surface area contributed by atoms with Gasteiger partial charge in [0.25, 0.3) is 5.69 Å². The lowest BCUT2D eigenvalue weighted by atomic mass is 10.2. The Kier molecular flexibility index (Phi) is 4.44. The average Bonchev–Trinajstić information content (AvgIpc) is 2.75. The molecule has 6 nitrogen and oxygen atoms in total. The maximum absolute atomic E-state index is 11.7. The number of nitrogens with zero attached hydrogens (tertiary/aromatic N) is 2. The molecule has 0 fully saturated rings. The summed E-state index contributed by atoms with van der Waals surface area (Å²) >= 11 is 1.42. The highest BCUT2D eigenvalue weighted by atomic mass is 32.1. The van der Waals surface area contributed by atoms with Crippen LogP contribution in [0.2, 0.25) is 0 Å². The lowest BCUT2D eigenvalue weighted by Gasteiger charge is -1.96. The second-order valence-electron chi connectivity index (χ2n) is 4.33. The van der Waals surface area contributed by atoms with Crippen LogP contribution in [0.5, 0.6) is 0 Å². The maximum atomic E-state index is 11.7. The zero-order valence-corrected chi connectivity index (χ0v) is 12.3. The highest BCUT2D eigenvalue weighted by Crippen LogP contribution is 2.21. The molecule has 1 N–H and O–H groups in total. The number of carbonyl (C=O) groups excluding carboxylic acids is 1. The number of rotatable bonds is 4. The Hall–Kier alpha value is -2.54. The molecule has 2 rings (SSSR count). The molecule has 1 amide bonds. The number of nitro benzene ring substituents is 1. The smallest absolute Gasteiger partial charge is 0.269 e. The lowest BCUT2D eigenvalue weighted by Crippen LogP contribution is -2.07. The summed E-state index contributed by atoms with van der Waals surface area (Å²) in [5.74, 6) is -0.290. The molecule has 0 saturated heterocycles. The standard InChI is InChI=1S/C14H13N3O3S/c1-9-10(2)21-14(15-9)16-13(18)8-5-11-3-6-12(7-4-11)17(19)20/h3-8H,1-2H3,(H,15,16,18). The minimum absolute atomic E-state index is 0.0188. The van der Waals surface area contributed by atoms with Gasteiger partial charge in [0.05, 0.1) is 10.6 Å². The highest BCUT2D eigenvalue weighted by Gasteiger charge is 2.06. The van der Waals surface area contributed by atoms with Gasteiger partial charge in [0.2, 0.25) is 5.91 Å². The largest absolute Gasteiger partial charge is 0.298 e. The van der Waals surface area contributed by atoms with Gasteiger partial charge in [-0.2, -0.15) is 0 Å². The van der Waals surface area contributed by atoms with Crippen LogP contribution in [0.25, 0.3) is 6.08 Å². The van der Waals surface area contributed by atoms with Gasteiger partial charge in [-0.15, -0.1) is 11.3 Å². The number of hydrogen-bond donors (Lipinski definition) is 1. The molecule has 0 bridgehead atoms. The van der Waals surface area contributed by atoms with E-state index in [1.165, 1.54) is 29.5 Å². The van der Waals surface area contributed by atoms with Gasteiger partial charge in [-0.25, -0.2) is 4.98 Å². The van der Waals surface area contributed by atoms with Crippen LogP contribution < -0.4 is 5.32 Å². The number of anilines is 1. The Morgan fingerprint density at radius 3 is 2.52 bits per heavy atom. The highest BCUT2D eigenvalue weighted by molar-refractivity contribution is 7.15. The van der Waals surface area contributed by atoms with Crippen molar-refractivity contribution in [3.63, 3.8) is 0 Å². The van der Waals surface area contributed by atoms with Crippen LogP contribution in [-0.2, 0) is 4.79 Å². The van der Waals surface area contributed by atoms with Crippen LogP contribution in [0.15, 0.2) is 30.3 Å². The SMILES string of the molecule is Cc1nc(NC(=O)C=Cc2ccc([N+](=O)[O-])cc2)sc1C. The van der Waals surface area contributed by atoms with Crippen molar-refractivity contribution in [2.24, 2.45) is 0 Å². The topological polar surface area (TPSA) is 85.1 Å². The summed E-state index contributed by atoms with van der Waals surface area (Å²) in [6.07, 6.45) is 2.96. The second kappa shape index (κ2) is 6.27. The molecule has 0 unspecified atom stereocenters. The summed E-state index contributed by atoms with van der Waals surface area (Å²) in [5, 5.41) is 13.8. The van der Waals surface area contributed by atoms with Gasteiger partial charge in [0.15, 0.2) is 5.13 Å². The zero-order chi connectivity index (χ0) is 15.4. The van der Waals surface area contributed by atoms with Crippen LogP contribution in [0, 0.1) is 24.0 Å². The van der Waals surface area contributed by atoms with Gasteiger partial charge in [0.1, 0.15) is 0 Å². The van der Waals surface area contributed by atoms with Gasteiger partial charge < -0.3 is 0 Å². The predicted molar refractivity (Wildman–Crippen MR) is 82.3 cm³/mol. The Labute approximate surface area is 125 Å². The number of aryl methyl sites for hydroxylation is 2. The summed E-state index contributed by atoms with van der Waals surface area (Å²) in [6, 6.07) is 5.95. The molecule has 1 aromatic carbocycles. The number of nitrogens with one attached hydrogen (secondary N) is 1. The third-order valence-electron chi connectivity index (χ3n) is 2.79. The molecule has 0 radical (unpaired) electrons. The fourth-order valence-corrected chi connectivity index (χ4v) is 2.37. The number of hydrogen-bond acceptors (Lipinski definition) is 5. The summed E-state index contributed by atoms with van der Waals surface area (Å²) in [7, 11) is 0. The lowest BCUT2D eigenvalue weighted by molar-refractivity contribution is -0.384. The van der Waals surface area contributed by atoms with Crippen molar-refractivity contribution in [2.75, 3.05) is 5.32 Å². The van der Waals surface area contributed by atoms with Crippen molar-refractivity contribution in [2.45, 2.75) is 13.8 Å². The Bertz CT molecular complexity index is 685. The van der Waals surface area contributed by atoms with E-state index in [2.05, 4.69) is 10.3 Å². The van der Waals surface area contributed by atoms with Gasteiger partial charge >= 0.3 is 0 Å². The maximum Gasteiger partial charge on any atom is 0.269 e. The molecule has 0 spiro atoms. The van der Waals surface area contributed by atoms with Crippen LogP contribution in [-0.4, -0.2) is 15.8 Å². The van der Waals surface area contributed by atoms with Crippen molar-refractivity contribution < 1.29 is 9.72 Å². The first-order valence-corrected chi connectivity index (χ1v) is 6.95. The summed E-state index contributed by atoms with van der Waals surface area (Å²) < 4.78 is 0. The first-order chi connectivity index (χ1) is 9.95. The van der Waals surface area contributed by atoms with E-state index in [1.807, 2.05) is 13.8 Å². The Morgan fingerprint density at radius 2 is 2.00 bits per heavy atom. The van der Waals surface area contributed by atoms with E-state index in [-0.39, 0.29) is 11.6 Å². The van der Waals surface area contributed by atoms with Crippen molar-refractivity contribution in [1.29, 1.82) is 0 Å². The third-order valence-corrected chi connectivity index (χ3v) is 3.78. The molecule has 7 heteroatoms. The van der Waals surface area contributed by atoms with E-state index >= 15 is 0 Å². The van der Waals surface area contributed by atoms with E-state index in [4.69, 9.17) is 0 Å². The van der Waals surface area contributed by atoms with Crippen LogP contribution in [0.1, 0.15) is 16.1 Å². The second-order valence-corrected chi connectivity index (χ2v) is 5.54. The summed E-state index contributed by atoms with van der Waals surface area (Å²) in [6.45, 7) is 3.82. The third kappa shape index (κ3) is 3.96. The van der Waals surface area contributed by atoms with Crippen molar-refractivity contribution in [3.8, 4) is 0 Å². The number of thiazole rings is 1. The van der Waals surface area contributed by atoms with Crippen molar-refractivity contribution in [1.82, 2.24) is 4.98 Å². The van der Waals surface area contributed by atoms with Crippen molar-refractivity contribution in [3.05, 3.63) is 56.6 Å². The number of carbonyl (C=O) groups is 1. The average molecular weight is 303 g/mol. The molecular weight excluding hydrogens is 290 g/mol. The molecule has 108 valence electrons. The molecule has 0 aliphatic carbocycles. The number of amides is 1. The van der Waals surface area contributed by atoms with Gasteiger partial charge in [-0.3, -0.25) is 20.2 Å². The van der Waals surface area contributed by atoms with Crippen LogP contribution >= 0.6 is 11.3 Å². The monoisotopic (exact) mass is 303 g/mol. The molecule has 0 aliphatic heterocycles. The Balaban J connectivity index is 2.00. The molecule has 0 atom stereocenters. The number of non-ortho nitro benzene ring substituents is 1. The molecule has 21 heavy (non-hydrogen) atoms. The summed E-state index contributed by atoms with van der Waals surface area (Å²) in [5.41, 5.74) is 1.63. The number of nitro groups is 1. The zero-order valence-electron chi connectivity index (χ0n) is 11.5. The van der Waals surface area contributed by atoms with Crippen molar-refractivity contribution >= 4 is 34.1 Å². The van der Waals surface area contributed by atoms with E-state index < -0.39 is 4.92 Å². The van der Waals surface area contributed by atoms with Gasteiger partial charge in [-0.05, 0) is 37.6 Å². The molecule has 2 aromatic rings. The van der Waals surface area contributed by atoms with E-state index in [0.29, 0.717) is 10.7 Å². The molecule has 1 heterocycles. The van der Waals surface area contributed by atoms with E-state index in [9.17, 15) is 14.9 Å². The molecular formula is C14H13N3O3S. The minimum Gasteiger partial charge on any atom is -0.298 e. The first kappa shape index (κ1) is 14.9. The fourth-order valence-electron chi connectivity index (χ4n) is 1.55. The van der Waals surface area contributed by atoms with Gasteiger partial charge in [-0.1, -0.05) is 0 Å². The normalized spacial score (nSPS) is 10.8. The summed E-state index contributed by atoms with van der Waals surface area (Å²) in [4.78, 5) is 27.1. The quantitative estimate of drug-likeness (QED) is 0.533. The number of aromatic nitrogens is 1. The van der Waals surface area contributed by atoms with Crippen LogP contribution in [0.4, 0.5) is 10.8 Å². The van der Waals surface area contributed by atoms with E-state index in [1.54, 1.807) is 18.2 Å². The molecule has 1 aromatic heterocycles. The molecule has 0 aliphatic rings. The fraction of sp³-hybridized carbons (Fsp3) is 0.143.